The zero-order valence-electron chi connectivity index (χ0n) is 5.73. The molecule has 2 heteroatoms. The highest BCUT2D eigenvalue weighted by atomic mass is 35.5. The summed E-state index contributed by atoms with van der Waals surface area (Å²) in [6, 6.07) is 0. The number of allylic oxidation sites excluding steroid dienone is 1. The van der Waals surface area contributed by atoms with Gasteiger partial charge in [0.1, 0.15) is 0 Å². The summed E-state index contributed by atoms with van der Waals surface area (Å²) in [6.07, 6.45) is 6.06. The van der Waals surface area contributed by atoms with Gasteiger partial charge in [0.2, 0.25) is 0 Å². The third-order valence-electron chi connectivity index (χ3n) is 1.12. The van der Waals surface area contributed by atoms with Gasteiger partial charge < -0.3 is 5.11 Å². The number of unbranched alkanes of at least 4 members (excludes halogenated alkanes) is 3. The van der Waals surface area contributed by atoms with Crippen LogP contribution in [0, 0.1) is 0 Å². The molecule has 1 nitrogen and oxygen atoms in total. The van der Waals surface area contributed by atoms with E-state index in [1.165, 1.54) is 12.8 Å². The van der Waals surface area contributed by atoms with E-state index in [9.17, 15) is 0 Å². The van der Waals surface area contributed by atoms with E-state index in [1.54, 1.807) is 6.08 Å². The topological polar surface area (TPSA) is 20.2 Å². The summed E-state index contributed by atoms with van der Waals surface area (Å²) in [5.74, 6) is 0. The molecular formula is C7H13ClO. The summed E-state index contributed by atoms with van der Waals surface area (Å²) in [4.78, 5) is 0. The van der Waals surface area contributed by atoms with Crippen molar-refractivity contribution in [3.63, 3.8) is 0 Å². The molecule has 1 N–H and O–H groups in total. The summed E-state index contributed by atoms with van der Waals surface area (Å²) < 4.78 is 0. The first-order chi connectivity index (χ1) is 4.27. The fourth-order valence-corrected chi connectivity index (χ4v) is 0.725. The maximum absolute atomic E-state index is 8.48. The van der Waals surface area contributed by atoms with Crippen molar-refractivity contribution in [2.24, 2.45) is 0 Å². The Morgan fingerprint density at radius 1 is 1.56 bits per heavy atom. The van der Waals surface area contributed by atoms with Gasteiger partial charge in [-0.1, -0.05) is 19.8 Å². The fourth-order valence-electron chi connectivity index (χ4n) is 0.616. The van der Waals surface area contributed by atoms with Crippen LogP contribution >= 0.6 is 11.6 Å². The van der Waals surface area contributed by atoms with Crippen LogP contribution in [-0.2, 0) is 0 Å². The lowest BCUT2D eigenvalue weighted by Crippen LogP contribution is -1.72. The third-order valence-corrected chi connectivity index (χ3v) is 1.27. The predicted molar refractivity (Wildman–Crippen MR) is 40.7 cm³/mol. The second kappa shape index (κ2) is 5.96. The number of rotatable bonds is 4. The SMILES string of the molecule is CCCCCC=C(O)Cl. The van der Waals surface area contributed by atoms with Crippen LogP contribution in [0.5, 0.6) is 0 Å². The summed E-state index contributed by atoms with van der Waals surface area (Å²) in [5, 5.41) is 8.40. The first-order valence-corrected chi connectivity index (χ1v) is 3.69. The van der Waals surface area contributed by atoms with Crippen molar-refractivity contribution < 1.29 is 5.11 Å². The lowest BCUT2D eigenvalue weighted by Gasteiger charge is -1.90. The highest BCUT2D eigenvalue weighted by molar-refractivity contribution is 6.27. The largest absolute Gasteiger partial charge is 0.499 e. The minimum absolute atomic E-state index is 0.0777. The van der Waals surface area contributed by atoms with Crippen molar-refractivity contribution in [3.8, 4) is 0 Å². The van der Waals surface area contributed by atoms with Crippen LogP contribution in [0.1, 0.15) is 32.6 Å². The Kier molecular flexibility index (Phi) is 5.85. The molecule has 0 aliphatic rings. The molecule has 0 spiro atoms. The molecule has 0 aromatic carbocycles. The van der Waals surface area contributed by atoms with E-state index < -0.39 is 0 Å². The van der Waals surface area contributed by atoms with E-state index in [0.29, 0.717) is 0 Å². The number of aliphatic hydroxyl groups is 1. The van der Waals surface area contributed by atoms with Crippen LogP contribution in [0.2, 0.25) is 0 Å². The molecule has 54 valence electrons. The fraction of sp³-hybridized carbons (Fsp3) is 0.714. The quantitative estimate of drug-likeness (QED) is 0.480. The molecule has 0 aromatic heterocycles. The normalized spacial score (nSPS) is 12.0. The summed E-state index contributed by atoms with van der Waals surface area (Å²) in [6.45, 7) is 2.14. The predicted octanol–water partition coefficient (Wildman–Crippen LogP) is 3.20. The zero-order chi connectivity index (χ0) is 7.11. The number of aliphatic hydroxyl groups excluding tert-OH is 1. The van der Waals surface area contributed by atoms with Gasteiger partial charge in [0.25, 0.3) is 0 Å². The molecule has 0 saturated carbocycles. The van der Waals surface area contributed by atoms with Crippen molar-refractivity contribution in [1.29, 1.82) is 0 Å². The van der Waals surface area contributed by atoms with Gasteiger partial charge in [0.05, 0.1) is 0 Å². The summed E-state index contributed by atoms with van der Waals surface area (Å²) in [5.41, 5.74) is 0. The van der Waals surface area contributed by atoms with Gasteiger partial charge in [0, 0.05) is 0 Å². The molecule has 0 aromatic rings. The first kappa shape index (κ1) is 8.83. The Morgan fingerprint density at radius 2 is 2.22 bits per heavy atom. The molecule has 0 heterocycles. The monoisotopic (exact) mass is 148 g/mol. The lowest BCUT2D eigenvalue weighted by molar-refractivity contribution is 0.449. The standard InChI is InChI=1S/C7H13ClO/c1-2-3-4-5-6-7(8)9/h6,9H,2-5H2,1H3. The molecule has 0 aliphatic carbocycles. The Labute approximate surface area is 61.3 Å². The van der Waals surface area contributed by atoms with Gasteiger partial charge in [0.15, 0.2) is 5.22 Å². The molecule has 0 radical (unpaired) electrons. The molecule has 0 atom stereocenters. The first-order valence-electron chi connectivity index (χ1n) is 3.32. The van der Waals surface area contributed by atoms with Crippen molar-refractivity contribution in [2.75, 3.05) is 0 Å². The minimum Gasteiger partial charge on any atom is -0.499 e. The number of hydrogen-bond acceptors (Lipinski definition) is 1. The van der Waals surface area contributed by atoms with Gasteiger partial charge >= 0.3 is 0 Å². The van der Waals surface area contributed by atoms with E-state index in [0.717, 1.165) is 12.8 Å². The van der Waals surface area contributed by atoms with E-state index in [4.69, 9.17) is 16.7 Å². The van der Waals surface area contributed by atoms with Gasteiger partial charge in [-0.2, -0.15) is 0 Å². The molecule has 0 fully saturated rings. The van der Waals surface area contributed by atoms with Crippen LogP contribution in [-0.4, -0.2) is 5.11 Å². The average molecular weight is 149 g/mol. The van der Waals surface area contributed by atoms with Crippen molar-refractivity contribution in [3.05, 3.63) is 11.3 Å². The Hall–Kier alpha value is -0.170. The van der Waals surface area contributed by atoms with E-state index in [1.807, 2.05) is 0 Å². The third kappa shape index (κ3) is 7.83. The molecule has 0 saturated heterocycles. The van der Waals surface area contributed by atoms with Gasteiger partial charge in [-0.15, -0.1) is 0 Å². The van der Waals surface area contributed by atoms with Crippen LogP contribution in [0.25, 0.3) is 0 Å². The van der Waals surface area contributed by atoms with E-state index >= 15 is 0 Å². The second-order valence-electron chi connectivity index (χ2n) is 2.02. The minimum atomic E-state index is -0.0777. The van der Waals surface area contributed by atoms with E-state index in [2.05, 4.69) is 6.92 Å². The van der Waals surface area contributed by atoms with Crippen molar-refractivity contribution in [2.45, 2.75) is 32.6 Å². The molecule has 0 rings (SSSR count). The highest BCUT2D eigenvalue weighted by Gasteiger charge is 1.84. The second-order valence-corrected chi connectivity index (χ2v) is 2.41. The molecular weight excluding hydrogens is 136 g/mol. The maximum atomic E-state index is 8.48. The van der Waals surface area contributed by atoms with Crippen LogP contribution in [0.4, 0.5) is 0 Å². The Bertz CT molecular complexity index is 84.9. The van der Waals surface area contributed by atoms with Crippen LogP contribution in [0.3, 0.4) is 0 Å². The maximum Gasteiger partial charge on any atom is 0.180 e. The smallest absolute Gasteiger partial charge is 0.180 e. The van der Waals surface area contributed by atoms with Crippen molar-refractivity contribution >= 4 is 11.6 Å². The Morgan fingerprint density at radius 3 is 2.67 bits per heavy atom. The molecule has 9 heavy (non-hydrogen) atoms. The molecule has 0 amide bonds. The highest BCUT2D eigenvalue weighted by Crippen LogP contribution is 2.03. The molecule has 0 bridgehead atoms. The van der Waals surface area contributed by atoms with Gasteiger partial charge in [-0.3, -0.25) is 0 Å². The zero-order valence-corrected chi connectivity index (χ0v) is 6.49. The van der Waals surface area contributed by atoms with Crippen LogP contribution in [0.15, 0.2) is 11.3 Å². The van der Waals surface area contributed by atoms with E-state index in [-0.39, 0.29) is 5.22 Å². The van der Waals surface area contributed by atoms with Gasteiger partial charge in [-0.25, -0.2) is 0 Å². The van der Waals surface area contributed by atoms with Crippen molar-refractivity contribution in [1.82, 2.24) is 0 Å². The van der Waals surface area contributed by atoms with Gasteiger partial charge in [-0.05, 0) is 30.5 Å². The molecule has 0 unspecified atom stereocenters. The summed E-state index contributed by atoms with van der Waals surface area (Å²) >= 11 is 5.17. The lowest BCUT2D eigenvalue weighted by atomic mass is 10.2. The van der Waals surface area contributed by atoms with Crippen LogP contribution < -0.4 is 0 Å². The average Bonchev–Trinajstić information content (AvgIpc) is 1.80. The Balaban J connectivity index is 3.00. The molecule has 0 aliphatic heterocycles. The summed E-state index contributed by atoms with van der Waals surface area (Å²) in [7, 11) is 0. The number of halogens is 1. The number of hydrogen-bond donors (Lipinski definition) is 1.